The van der Waals surface area contributed by atoms with E-state index in [1.807, 2.05) is 29.3 Å². The third-order valence-electron chi connectivity index (χ3n) is 11.0. The number of piperazine rings is 1. The summed E-state index contributed by atoms with van der Waals surface area (Å²) in [4.78, 5) is 25.5. The number of aliphatic hydroxyl groups is 1. The Morgan fingerprint density at radius 1 is 0.911 bits per heavy atom. The first-order valence-electron chi connectivity index (χ1n) is 16.6. The molecule has 4 aliphatic heterocycles. The second kappa shape index (κ2) is 12.7. The number of rotatable bonds is 7. The number of nitrogens with zero attached hydrogens (tertiary/aromatic N) is 6. The standard InChI is InChI=1S/C35H47N7O3/c1-38-14-9-29(10-15-38)40-21-19-39(20-22-40)28-5-3-26(4-6-28)33(43)41-16-11-35(12-17-41)13-18-42(34(35)44)30-7-8-31(32(23-30)45-2)27-24-36-37-25-27/h3-8,23-25,29,33,43H,9-22H2,1-2H3,(H,36,37). The number of hydrogen-bond donors (Lipinski definition) is 2. The van der Waals surface area contributed by atoms with Crippen molar-refractivity contribution in [2.24, 2.45) is 5.41 Å². The SMILES string of the molecule is COc1cc(N2CCC3(CCN(C(O)c4ccc(N5CCN(C6CCN(C)CC6)CC5)cc4)CC3)C2=O)ccc1-c1cn[nH]c1. The first-order valence-corrected chi connectivity index (χ1v) is 16.6. The van der Waals surface area contributed by atoms with Gasteiger partial charge in [-0.15, -0.1) is 0 Å². The van der Waals surface area contributed by atoms with Crippen LogP contribution >= 0.6 is 0 Å². The molecule has 2 N–H and O–H groups in total. The van der Waals surface area contributed by atoms with Gasteiger partial charge in [0.25, 0.3) is 0 Å². The summed E-state index contributed by atoms with van der Waals surface area (Å²) in [6.07, 6.45) is 7.84. The van der Waals surface area contributed by atoms with Crippen molar-refractivity contribution in [3.8, 4) is 16.9 Å². The van der Waals surface area contributed by atoms with E-state index in [0.29, 0.717) is 19.6 Å². The summed E-state index contributed by atoms with van der Waals surface area (Å²) in [7, 11) is 3.88. The number of methoxy groups -OCH3 is 1. The van der Waals surface area contributed by atoms with Gasteiger partial charge in [-0.3, -0.25) is 19.7 Å². The van der Waals surface area contributed by atoms with Crippen LogP contribution in [-0.4, -0.2) is 115 Å². The van der Waals surface area contributed by atoms with Crippen molar-refractivity contribution in [1.29, 1.82) is 0 Å². The molecule has 0 radical (unpaired) electrons. The van der Waals surface area contributed by atoms with Crippen molar-refractivity contribution in [3.05, 3.63) is 60.4 Å². The lowest BCUT2D eigenvalue weighted by molar-refractivity contribution is -0.130. The summed E-state index contributed by atoms with van der Waals surface area (Å²) in [5.74, 6) is 0.913. The van der Waals surface area contributed by atoms with Gasteiger partial charge in [-0.05, 0) is 82.1 Å². The highest BCUT2D eigenvalue weighted by Crippen LogP contribution is 2.45. The number of carbonyl (C=O) groups excluding carboxylic acids is 1. The van der Waals surface area contributed by atoms with Crippen LogP contribution in [0.15, 0.2) is 54.9 Å². The van der Waals surface area contributed by atoms with Gasteiger partial charge in [0.1, 0.15) is 12.0 Å². The van der Waals surface area contributed by atoms with Crippen LogP contribution < -0.4 is 14.5 Å². The number of hydrogen-bond acceptors (Lipinski definition) is 8. The molecule has 7 rings (SSSR count). The Hall–Kier alpha value is -3.44. The van der Waals surface area contributed by atoms with Crippen LogP contribution in [0.4, 0.5) is 11.4 Å². The van der Waals surface area contributed by atoms with Gasteiger partial charge >= 0.3 is 0 Å². The van der Waals surface area contributed by atoms with Gasteiger partial charge in [0.2, 0.25) is 5.91 Å². The third kappa shape index (κ3) is 5.96. The molecule has 1 spiro atoms. The van der Waals surface area contributed by atoms with Crippen LogP contribution in [0.5, 0.6) is 5.75 Å². The number of carbonyl (C=O) groups is 1. The molecule has 2 aromatic carbocycles. The van der Waals surface area contributed by atoms with Gasteiger partial charge in [0.15, 0.2) is 0 Å². The first-order chi connectivity index (χ1) is 21.9. The molecule has 1 atom stereocenters. The van der Waals surface area contributed by atoms with E-state index in [9.17, 15) is 9.90 Å². The monoisotopic (exact) mass is 613 g/mol. The summed E-state index contributed by atoms with van der Waals surface area (Å²) in [5, 5.41) is 18.2. The summed E-state index contributed by atoms with van der Waals surface area (Å²) in [5.41, 5.74) is 4.54. The van der Waals surface area contributed by atoms with Gasteiger partial charge in [-0.1, -0.05) is 12.1 Å². The highest BCUT2D eigenvalue weighted by molar-refractivity contribution is 6.00. The average Bonchev–Trinajstić information content (AvgIpc) is 3.74. The zero-order chi connectivity index (χ0) is 31.0. The van der Waals surface area contributed by atoms with E-state index in [-0.39, 0.29) is 11.3 Å². The van der Waals surface area contributed by atoms with Crippen molar-refractivity contribution in [2.75, 3.05) is 82.9 Å². The molecule has 1 aromatic heterocycles. The first kappa shape index (κ1) is 30.2. The van der Waals surface area contributed by atoms with E-state index in [4.69, 9.17) is 4.74 Å². The summed E-state index contributed by atoms with van der Waals surface area (Å²) in [6, 6.07) is 15.2. The second-order valence-corrected chi connectivity index (χ2v) is 13.4. The number of amides is 1. The van der Waals surface area contributed by atoms with E-state index < -0.39 is 6.23 Å². The normalized spacial score (nSPS) is 22.8. The van der Waals surface area contributed by atoms with Crippen molar-refractivity contribution < 1.29 is 14.6 Å². The topological polar surface area (TPSA) is 91.4 Å². The largest absolute Gasteiger partial charge is 0.496 e. The predicted molar refractivity (Wildman–Crippen MR) is 176 cm³/mol. The fraction of sp³-hybridized carbons (Fsp3) is 0.543. The third-order valence-corrected chi connectivity index (χ3v) is 11.0. The molecular weight excluding hydrogens is 566 g/mol. The number of aromatic amines is 1. The highest BCUT2D eigenvalue weighted by atomic mass is 16.5. The summed E-state index contributed by atoms with van der Waals surface area (Å²) < 4.78 is 5.68. The average molecular weight is 614 g/mol. The lowest BCUT2D eigenvalue weighted by Gasteiger charge is -2.43. The molecule has 1 amide bonds. The summed E-state index contributed by atoms with van der Waals surface area (Å²) in [6.45, 7) is 8.85. The molecule has 10 heteroatoms. The Labute approximate surface area is 266 Å². The molecule has 4 aliphatic rings. The zero-order valence-electron chi connectivity index (χ0n) is 26.7. The molecule has 45 heavy (non-hydrogen) atoms. The Balaban J connectivity index is 0.930. The van der Waals surface area contributed by atoms with E-state index >= 15 is 0 Å². The van der Waals surface area contributed by atoms with E-state index in [1.165, 1.54) is 31.6 Å². The Morgan fingerprint density at radius 3 is 2.27 bits per heavy atom. The zero-order valence-corrected chi connectivity index (χ0v) is 26.7. The van der Waals surface area contributed by atoms with Crippen LogP contribution in [0, 0.1) is 5.41 Å². The highest BCUT2D eigenvalue weighted by Gasteiger charge is 2.49. The maximum Gasteiger partial charge on any atom is 0.233 e. The number of nitrogens with one attached hydrogen (secondary N) is 1. The number of likely N-dealkylation sites (tertiary alicyclic amines) is 2. The number of aromatic nitrogens is 2. The number of aliphatic hydroxyl groups excluding tert-OH is 1. The number of benzene rings is 2. The maximum absolute atomic E-state index is 13.8. The maximum atomic E-state index is 13.8. The van der Waals surface area contributed by atoms with Gasteiger partial charge in [-0.2, -0.15) is 5.10 Å². The molecule has 10 nitrogen and oxygen atoms in total. The number of piperidine rings is 2. The van der Waals surface area contributed by atoms with Gasteiger partial charge in [-0.25, -0.2) is 0 Å². The van der Waals surface area contributed by atoms with Crippen LogP contribution in [0.25, 0.3) is 11.1 Å². The lowest BCUT2D eigenvalue weighted by atomic mass is 9.77. The number of ether oxygens (including phenoxy) is 1. The van der Waals surface area contributed by atoms with Crippen LogP contribution in [0.1, 0.15) is 43.9 Å². The van der Waals surface area contributed by atoms with Crippen molar-refractivity contribution >= 4 is 17.3 Å². The second-order valence-electron chi connectivity index (χ2n) is 13.4. The molecule has 3 aromatic rings. The molecule has 5 heterocycles. The lowest BCUT2D eigenvalue weighted by Crippen LogP contribution is -2.53. The summed E-state index contributed by atoms with van der Waals surface area (Å²) >= 11 is 0. The number of anilines is 2. The fourth-order valence-corrected chi connectivity index (χ4v) is 7.99. The molecule has 0 bridgehead atoms. The van der Waals surface area contributed by atoms with Crippen molar-refractivity contribution in [1.82, 2.24) is 24.9 Å². The van der Waals surface area contributed by atoms with Crippen LogP contribution in [0.2, 0.25) is 0 Å². The predicted octanol–water partition coefficient (Wildman–Crippen LogP) is 3.81. The Morgan fingerprint density at radius 2 is 1.60 bits per heavy atom. The van der Waals surface area contributed by atoms with E-state index in [1.54, 1.807) is 13.3 Å². The van der Waals surface area contributed by atoms with Crippen LogP contribution in [0.3, 0.4) is 0 Å². The quantitative estimate of drug-likeness (QED) is 0.416. The minimum Gasteiger partial charge on any atom is -0.496 e. The van der Waals surface area contributed by atoms with E-state index in [2.05, 4.69) is 61.1 Å². The van der Waals surface area contributed by atoms with Crippen molar-refractivity contribution in [2.45, 2.75) is 44.4 Å². The molecular formula is C35H47N7O3. The van der Waals surface area contributed by atoms with Gasteiger partial charge in [0.05, 0.1) is 18.7 Å². The molecule has 0 saturated carbocycles. The Kier molecular flexibility index (Phi) is 8.56. The molecule has 4 fully saturated rings. The van der Waals surface area contributed by atoms with Crippen molar-refractivity contribution in [3.63, 3.8) is 0 Å². The minimum atomic E-state index is -0.662. The molecule has 240 valence electrons. The number of H-pyrrole nitrogens is 1. The van der Waals surface area contributed by atoms with Gasteiger partial charge in [0, 0.05) is 86.6 Å². The molecule has 1 unspecified atom stereocenters. The van der Waals surface area contributed by atoms with Crippen LogP contribution in [-0.2, 0) is 4.79 Å². The van der Waals surface area contributed by atoms with E-state index in [0.717, 1.165) is 79.6 Å². The fourth-order valence-electron chi connectivity index (χ4n) is 7.99. The smallest absolute Gasteiger partial charge is 0.233 e. The Bertz CT molecular complexity index is 1440. The molecule has 0 aliphatic carbocycles. The van der Waals surface area contributed by atoms with Gasteiger partial charge < -0.3 is 24.5 Å². The molecule has 4 saturated heterocycles. The minimum absolute atomic E-state index is 0.190.